The third-order valence-corrected chi connectivity index (χ3v) is 3.77. The summed E-state index contributed by atoms with van der Waals surface area (Å²) in [5.74, 6) is -0.331. The molecule has 112 valence electrons. The van der Waals surface area contributed by atoms with Crippen LogP contribution in [0.15, 0.2) is 54.4 Å². The summed E-state index contributed by atoms with van der Waals surface area (Å²) in [4.78, 5) is 6.13. The number of rotatable bonds is 2. The molecule has 0 spiro atoms. The normalized spacial score (nSPS) is 14.6. The first-order valence-electron chi connectivity index (χ1n) is 6.81. The van der Waals surface area contributed by atoms with Gasteiger partial charge in [-0.25, -0.2) is 4.39 Å². The number of aromatic nitrogens is 1. The lowest BCUT2D eigenvalue weighted by Crippen LogP contribution is -2.25. The van der Waals surface area contributed by atoms with Crippen molar-refractivity contribution in [2.45, 2.75) is 6.92 Å². The molecule has 5 heteroatoms. The number of hydrogen-bond acceptors (Lipinski definition) is 3. The molecule has 0 fully saturated rings. The molecular weight excluding hydrogens is 303 g/mol. The van der Waals surface area contributed by atoms with Gasteiger partial charge in [-0.15, -0.1) is 0 Å². The zero-order chi connectivity index (χ0) is 15.7. The van der Waals surface area contributed by atoms with E-state index in [2.05, 4.69) is 4.98 Å². The predicted molar refractivity (Wildman–Crippen MR) is 86.4 cm³/mol. The molecule has 2 aromatic rings. The average Bonchev–Trinajstić information content (AvgIpc) is 2.51. The van der Waals surface area contributed by atoms with Crippen LogP contribution in [0.25, 0.3) is 5.70 Å². The van der Waals surface area contributed by atoms with Crippen LogP contribution in [0.4, 0.5) is 10.1 Å². The number of aryl methyl sites for hydroxylation is 1. The molecule has 0 aliphatic carbocycles. The summed E-state index contributed by atoms with van der Waals surface area (Å²) in [7, 11) is 0. The van der Waals surface area contributed by atoms with E-state index >= 15 is 0 Å². The summed E-state index contributed by atoms with van der Waals surface area (Å²) in [6.07, 6.45) is 5.19. The van der Waals surface area contributed by atoms with E-state index in [1.54, 1.807) is 24.4 Å². The van der Waals surface area contributed by atoms with Gasteiger partial charge in [-0.3, -0.25) is 4.98 Å². The fraction of sp³-hybridized carbons (Fsp3) is 0.118. The third-order valence-electron chi connectivity index (χ3n) is 3.48. The Morgan fingerprint density at radius 2 is 2.09 bits per heavy atom. The van der Waals surface area contributed by atoms with Crippen molar-refractivity contribution in [1.82, 2.24) is 4.98 Å². The van der Waals surface area contributed by atoms with Gasteiger partial charge in [0.1, 0.15) is 11.6 Å². The highest BCUT2D eigenvalue weighted by Crippen LogP contribution is 2.32. The second-order valence-corrected chi connectivity index (χ2v) is 5.44. The van der Waals surface area contributed by atoms with Crippen LogP contribution in [0.5, 0.6) is 0 Å². The average molecular weight is 317 g/mol. The van der Waals surface area contributed by atoms with Gasteiger partial charge in [0.05, 0.1) is 10.7 Å². The molecule has 3 rings (SSSR count). The zero-order valence-corrected chi connectivity index (χ0v) is 12.7. The van der Waals surface area contributed by atoms with Crippen LogP contribution < -0.4 is 4.90 Å². The molecule has 0 bridgehead atoms. The molecule has 0 amide bonds. The number of aliphatic hydroxyl groups excluding tert-OH is 1. The summed E-state index contributed by atoms with van der Waals surface area (Å²) in [5, 5.41) is 10.3. The van der Waals surface area contributed by atoms with E-state index in [1.165, 1.54) is 6.07 Å². The fourth-order valence-electron chi connectivity index (χ4n) is 2.38. The first-order valence-corrected chi connectivity index (χ1v) is 7.19. The number of benzene rings is 1. The summed E-state index contributed by atoms with van der Waals surface area (Å²) >= 11 is 5.87. The van der Waals surface area contributed by atoms with E-state index in [0.29, 0.717) is 17.9 Å². The lowest BCUT2D eigenvalue weighted by Gasteiger charge is -2.29. The van der Waals surface area contributed by atoms with Gasteiger partial charge >= 0.3 is 0 Å². The number of hydrogen-bond donors (Lipinski definition) is 1. The van der Waals surface area contributed by atoms with Gasteiger partial charge in [-0.05, 0) is 43.3 Å². The van der Waals surface area contributed by atoms with Gasteiger partial charge < -0.3 is 10.0 Å². The standard InChI is InChI=1S/C17H14ClFN2O/c1-11-4-5-12(10-20-11)17-16(22)3-2-8-21(17)13-6-7-15(19)14(18)9-13/h2-7,9-10,22H,8H2,1H3. The summed E-state index contributed by atoms with van der Waals surface area (Å²) in [6.45, 7) is 2.45. The van der Waals surface area contributed by atoms with E-state index < -0.39 is 5.82 Å². The molecular formula is C17H14ClFN2O. The van der Waals surface area contributed by atoms with Crippen molar-refractivity contribution >= 4 is 23.0 Å². The van der Waals surface area contributed by atoms with Gasteiger partial charge in [0.25, 0.3) is 0 Å². The highest BCUT2D eigenvalue weighted by Gasteiger charge is 2.21. The lowest BCUT2D eigenvalue weighted by molar-refractivity contribution is 0.431. The van der Waals surface area contributed by atoms with Crippen LogP contribution in [0.1, 0.15) is 11.3 Å². The fourth-order valence-corrected chi connectivity index (χ4v) is 2.55. The van der Waals surface area contributed by atoms with E-state index in [1.807, 2.05) is 30.0 Å². The Bertz CT molecular complexity index is 769. The molecule has 1 aliphatic heterocycles. The Morgan fingerprint density at radius 1 is 1.27 bits per heavy atom. The van der Waals surface area contributed by atoms with Gasteiger partial charge in [0, 0.05) is 29.7 Å². The summed E-state index contributed by atoms with van der Waals surface area (Å²) < 4.78 is 13.4. The maximum absolute atomic E-state index is 13.4. The molecule has 0 radical (unpaired) electrons. The van der Waals surface area contributed by atoms with Crippen molar-refractivity contribution in [1.29, 1.82) is 0 Å². The quantitative estimate of drug-likeness (QED) is 0.887. The molecule has 3 nitrogen and oxygen atoms in total. The highest BCUT2D eigenvalue weighted by atomic mass is 35.5. The monoisotopic (exact) mass is 316 g/mol. The van der Waals surface area contributed by atoms with Crippen LogP contribution in [-0.4, -0.2) is 16.6 Å². The zero-order valence-electron chi connectivity index (χ0n) is 11.9. The van der Waals surface area contributed by atoms with Crippen molar-refractivity contribution < 1.29 is 9.50 Å². The van der Waals surface area contributed by atoms with E-state index in [0.717, 1.165) is 11.3 Å². The van der Waals surface area contributed by atoms with Crippen molar-refractivity contribution in [2.24, 2.45) is 0 Å². The van der Waals surface area contributed by atoms with E-state index in [9.17, 15) is 9.50 Å². The molecule has 0 unspecified atom stereocenters. The Kier molecular flexibility index (Phi) is 3.86. The molecule has 0 saturated heterocycles. The topological polar surface area (TPSA) is 36.4 Å². The Balaban J connectivity index is 2.08. The second kappa shape index (κ2) is 5.81. The van der Waals surface area contributed by atoms with Crippen LogP contribution in [0, 0.1) is 12.7 Å². The number of aliphatic hydroxyl groups is 1. The Hall–Kier alpha value is -2.33. The van der Waals surface area contributed by atoms with E-state index in [4.69, 9.17) is 11.6 Å². The Labute approximate surface area is 133 Å². The van der Waals surface area contributed by atoms with Gasteiger partial charge in [-0.2, -0.15) is 0 Å². The van der Waals surface area contributed by atoms with Crippen LogP contribution in [0.3, 0.4) is 0 Å². The number of halogens is 2. The van der Waals surface area contributed by atoms with Gasteiger partial charge in [0.15, 0.2) is 0 Å². The molecule has 1 aromatic carbocycles. The van der Waals surface area contributed by atoms with Crippen molar-refractivity contribution in [3.63, 3.8) is 0 Å². The third kappa shape index (κ3) is 2.70. The molecule has 1 N–H and O–H groups in total. The highest BCUT2D eigenvalue weighted by molar-refractivity contribution is 6.31. The number of pyridine rings is 1. The number of allylic oxidation sites excluding steroid dienone is 1. The van der Waals surface area contributed by atoms with Crippen LogP contribution in [-0.2, 0) is 0 Å². The SMILES string of the molecule is Cc1ccc(C2=C(O)C=CCN2c2ccc(F)c(Cl)c2)cn1. The van der Waals surface area contributed by atoms with Crippen LogP contribution >= 0.6 is 11.6 Å². The minimum Gasteiger partial charge on any atom is -0.506 e. The van der Waals surface area contributed by atoms with Crippen molar-refractivity contribution in [3.05, 3.63) is 76.5 Å². The largest absolute Gasteiger partial charge is 0.506 e. The predicted octanol–water partition coefficient (Wildman–Crippen LogP) is 4.49. The maximum atomic E-state index is 13.4. The molecule has 22 heavy (non-hydrogen) atoms. The smallest absolute Gasteiger partial charge is 0.141 e. The van der Waals surface area contributed by atoms with Crippen molar-refractivity contribution in [3.8, 4) is 0 Å². The first-order chi connectivity index (χ1) is 10.6. The molecule has 0 saturated carbocycles. The molecule has 0 atom stereocenters. The summed E-state index contributed by atoms with van der Waals surface area (Å²) in [5.41, 5.74) is 3.01. The summed E-state index contributed by atoms with van der Waals surface area (Å²) in [6, 6.07) is 8.27. The molecule has 1 aliphatic rings. The minimum absolute atomic E-state index is 0.0490. The minimum atomic E-state index is -0.468. The van der Waals surface area contributed by atoms with Gasteiger partial charge in [0.2, 0.25) is 0 Å². The van der Waals surface area contributed by atoms with Crippen molar-refractivity contribution in [2.75, 3.05) is 11.4 Å². The molecule has 2 heterocycles. The molecule has 1 aromatic heterocycles. The lowest BCUT2D eigenvalue weighted by atomic mass is 10.1. The van der Waals surface area contributed by atoms with E-state index in [-0.39, 0.29) is 10.8 Å². The number of anilines is 1. The van der Waals surface area contributed by atoms with Gasteiger partial charge in [-0.1, -0.05) is 17.7 Å². The maximum Gasteiger partial charge on any atom is 0.141 e. The first kappa shape index (κ1) is 14.6. The number of nitrogens with zero attached hydrogens (tertiary/aromatic N) is 2. The Morgan fingerprint density at radius 3 is 2.77 bits per heavy atom. The van der Waals surface area contributed by atoms with Crippen LogP contribution in [0.2, 0.25) is 5.02 Å². The second-order valence-electron chi connectivity index (χ2n) is 5.03.